The Hall–Kier alpha value is -1.43. The van der Waals surface area contributed by atoms with Gasteiger partial charge in [-0.25, -0.2) is 0 Å². The molecule has 0 radical (unpaired) electrons. The molecule has 1 N–H and O–H groups in total. The summed E-state index contributed by atoms with van der Waals surface area (Å²) in [5.41, 5.74) is 0.803. The number of hydrogen-bond donors (Lipinski definition) is 1. The largest absolute Gasteiger partial charge is 0.462 e. The van der Waals surface area contributed by atoms with Crippen molar-refractivity contribution in [3.63, 3.8) is 0 Å². The molecule has 3 heterocycles. The number of hydrogen-bond acceptors (Lipinski definition) is 5. The van der Waals surface area contributed by atoms with Gasteiger partial charge in [0.2, 0.25) is 0 Å². The molecule has 5 nitrogen and oxygen atoms in total. The maximum Gasteiger partial charge on any atom is 0.316 e. The van der Waals surface area contributed by atoms with Crippen LogP contribution in [0.15, 0.2) is 30.3 Å². The zero-order valence-corrected chi connectivity index (χ0v) is 12.6. The number of fused-ring (bicyclic) bond motifs is 5. The minimum absolute atomic E-state index is 0.0622. The lowest BCUT2D eigenvalue weighted by Gasteiger charge is -2.38. The van der Waals surface area contributed by atoms with Gasteiger partial charge in [0.05, 0.1) is 6.61 Å². The van der Waals surface area contributed by atoms with Crippen LogP contribution in [0.2, 0.25) is 0 Å². The van der Waals surface area contributed by atoms with Gasteiger partial charge >= 0.3 is 5.97 Å². The Labute approximate surface area is 129 Å². The Morgan fingerprint density at radius 2 is 1.95 bits per heavy atom. The number of esters is 1. The Bertz CT molecular complexity index is 545. The van der Waals surface area contributed by atoms with Crippen molar-refractivity contribution < 1.29 is 19.4 Å². The molecule has 3 fully saturated rings. The van der Waals surface area contributed by atoms with E-state index in [1.54, 1.807) is 0 Å². The first kappa shape index (κ1) is 14.2. The highest BCUT2D eigenvalue weighted by Gasteiger charge is 2.62. The Morgan fingerprint density at radius 1 is 1.32 bits per heavy atom. The summed E-state index contributed by atoms with van der Waals surface area (Å²) < 4.78 is 11.4. The SMILES string of the molecule is CN1[C@@H]2CC(O[13C](=O)[13C@H](CO)c3ccccc3)C[C@H]1[C@@H]1O[C@@H]12. The number of aliphatic hydroxyl groups is 1. The molecule has 1 aromatic rings. The molecule has 3 aliphatic rings. The number of nitrogens with zero attached hydrogens (tertiary/aromatic N) is 1. The first-order valence-electron chi connectivity index (χ1n) is 7.92. The normalized spacial score (nSPS) is 37.5. The second-order valence-corrected chi connectivity index (χ2v) is 6.54. The number of piperidine rings is 1. The third-order valence-electron chi connectivity index (χ3n) is 5.33. The molecule has 2 bridgehead atoms. The molecule has 118 valence electrons. The van der Waals surface area contributed by atoms with Gasteiger partial charge < -0.3 is 14.6 Å². The molecule has 0 spiro atoms. The third-order valence-corrected chi connectivity index (χ3v) is 5.33. The highest BCUT2D eigenvalue weighted by atomic mass is 16.6. The first-order chi connectivity index (χ1) is 10.7. The van der Waals surface area contributed by atoms with Crippen molar-refractivity contribution in [3.8, 4) is 0 Å². The number of rotatable bonds is 4. The average molecular weight is 305 g/mol. The van der Waals surface area contributed by atoms with Gasteiger partial charge in [-0.15, -0.1) is 0 Å². The smallest absolute Gasteiger partial charge is 0.316 e. The van der Waals surface area contributed by atoms with E-state index in [1.807, 2.05) is 30.3 Å². The van der Waals surface area contributed by atoms with E-state index in [-0.39, 0.29) is 18.7 Å². The number of ether oxygens (including phenoxy) is 2. The summed E-state index contributed by atoms with van der Waals surface area (Å²) in [6.07, 6.45) is 2.26. The van der Waals surface area contributed by atoms with Crippen LogP contribution in [0, 0.1) is 0 Å². The lowest BCUT2D eigenvalue weighted by atomic mass is 9.99. The summed E-state index contributed by atoms with van der Waals surface area (Å²) in [5.74, 6) is -0.915. The van der Waals surface area contributed by atoms with Crippen LogP contribution < -0.4 is 0 Å². The quantitative estimate of drug-likeness (QED) is 0.509. The van der Waals surface area contributed by atoms with Gasteiger partial charge in [0.15, 0.2) is 0 Å². The number of carbonyl (C=O) groups is 1. The fourth-order valence-corrected chi connectivity index (χ4v) is 4.04. The molecular formula is C17H21NO4. The number of likely N-dealkylation sites (N-methyl/N-ethyl adjacent to an activating group) is 1. The number of benzene rings is 1. The number of carbonyl (C=O) groups excluding carboxylic acids is 1. The standard InChI is InChI=1S/C17H21NO4/c1-18-13-7-11(8-14(18)16-15(13)22-16)21-17(20)12(9-19)10-5-3-2-4-6-10/h2-6,11-16,19H,7-9H2,1H3/t11?,12-,13-,14+,15-,16+/m1/s1/i12+1,17+1. The molecule has 22 heavy (non-hydrogen) atoms. The van der Waals surface area contributed by atoms with E-state index in [9.17, 15) is 9.90 Å². The van der Waals surface area contributed by atoms with E-state index in [2.05, 4.69) is 11.9 Å². The van der Waals surface area contributed by atoms with Crippen LogP contribution >= 0.6 is 0 Å². The van der Waals surface area contributed by atoms with Gasteiger partial charge in [-0.2, -0.15) is 0 Å². The Balaban J connectivity index is 1.42. The summed E-state index contributed by atoms with van der Waals surface area (Å²) in [6.45, 7) is -0.226. The second-order valence-electron chi connectivity index (χ2n) is 6.54. The van der Waals surface area contributed by atoms with Gasteiger partial charge in [0.1, 0.15) is 24.2 Å². The topological polar surface area (TPSA) is 62.3 Å². The van der Waals surface area contributed by atoms with Crippen molar-refractivity contribution in [2.45, 2.75) is 49.2 Å². The fraction of sp³-hybridized carbons (Fsp3) is 0.588. The first-order valence-corrected chi connectivity index (χ1v) is 7.92. The molecule has 3 saturated heterocycles. The van der Waals surface area contributed by atoms with Crippen LogP contribution in [-0.2, 0) is 14.3 Å². The molecule has 0 aromatic heterocycles. The van der Waals surface area contributed by atoms with Gasteiger partial charge in [-0.3, -0.25) is 9.69 Å². The maximum absolute atomic E-state index is 12.4. The molecule has 0 saturated carbocycles. The maximum atomic E-state index is 12.4. The van der Waals surface area contributed by atoms with Crippen LogP contribution in [0.1, 0.15) is 24.3 Å². The third kappa shape index (κ3) is 2.24. The monoisotopic (exact) mass is 305 g/mol. The molecule has 1 aromatic carbocycles. The Morgan fingerprint density at radius 3 is 2.55 bits per heavy atom. The predicted octanol–water partition coefficient (Wildman–Crippen LogP) is 0.918. The van der Waals surface area contributed by atoms with Crippen LogP contribution in [0.25, 0.3) is 0 Å². The van der Waals surface area contributed by atoms with Gasteiger partial charge in [-0.05, 0) is 12.6 Å². The second kappa shape index (κ2) is 5.33. The summed E-state index contributed by atoms with van der Waals surface area (Å²) in [6, 6.07) is 10.1. The van der Waals surface area contributed by atoms with Crippen LogP contribution in [0.3, 0.4) is 0 Å². The van der Waals surface area contributed by atoms with Gasteiger partial charge in [-0.1, -0.05) is 30.3 Å². The zero-order chi connectivity index (χ0) is 15.3. The van der Waals surface area contributed by atoms with E-state index in [1.165, 1.54) is 0 Å². The molecular weight excluding hydrogens is 284 g/mol. The summed E-state index contributed by atoms with van der Waals surface area (Å²) in [7, 11) is 2.13. The minimum atomic E-state index is -0.593. The summed E-state index contributed by atoms with van der Waals surface area (Å²) in [5, 5.41) is 9.56. The van der Waals surface area contributed by atoms with Crippen LogP contribution in [0.5, 0.6) is 0 Å². The van der Waals surface area contributed by atoms with E-state index >= 15 is 0 Å². The molecule has 6 atom stereocenters. The molecule has 1 unspecified atom stereocenters. The fourth-order valence-electron chi connectivity index (χ4n) is 4.04. The lowest BCUT2D eigenvalue weighted by molar-refractivity contribution is -0.156. The van der Waals surface area contributed by atoms with Crippen molar-refractivity contribution >= 4 is 5.97 Å². The highest BCUT2D eigenvalue weighted by Crippen LogP contribution is 2.48. The van der Waals surface area contributed by atoms with Crippen molar-refractivity contribution in [3.05, 3.63) is 35.9 Å². The molecule has 3 aliphatic heterocycles. The van der Waals surface area contributed by atoms with Crippen molar-refractivity contribution in [2.24, 2.45) is 0 Å². The van der Waals surface area contributed by atoms with Crippen LogP contribution in [0.4, 0.5) is 0 Å². The summed E-state index contributed by atoms with van der Waals surface area (Å²) >= 11 is 0. The minimum Gasteiger partial charge on any atom is -0.462 e. The molecule has 0 amide bonds. The highest BCUT2D eigenvalue weighted by molar-refractivity contribution is 5.78. The van der Waals surface area contributed by atoms with E-state index in [0.717, 1.165) is 18.4 Å². The molecule has 0 aliphatic carbocycles. The zero-order valence-electron chi connectivity index (χ0n) is 12.6. The molecule has 4 rings (SSSR count). The van der Waals surface area contributed by atoms with Gasteiger partial charge in [0, 0.05) is 24.9 Å². The van der Waals surface area contributed by atoms with Crippen LogP contribution in [-0.4, -0.2) is 60.0 Å². The van der Waals surface area contributed by atoms with E-state index < -0.39 is 5.92 Å². The summed E-state index contributed by atoms with van der Waals surface area (Å²) in [4.78, 5) is 14.8. The number of epoxide rings is 1. The van der Waals surface area contributed by atoms with Crippen molar-refractivity contribution in [1.29, 1.82) is 0 Å². The number of aliphatic hydroxyl groups excluding tert-OH is 1. The van der Waals surface area contributed by atoms with Gasteiger partial charge in [0.25, 0.3) is 0 Å². The van der Waals surface area contributed by atoms with Crippen molar-refractivity contribution in [1.82, 2.24) is 4.90 Å². The predicted molar refractivity (Wildman–Crippen MR) is 79.4 cm³/mol. The van der Waals surface area contributed by atoms with Crippen molar-refractivity contribution in [2.75, 3.05) is 13.7 Å². The number of morpholine rings is 1. The average Bonchev–Trinajstić information content (AvgIpc) is 3.27. The lowest BCUT2D eigenvalue weighted by Crippen LogP contribution is -2.48. The van der Waals surface area contributed by atoms with E-state index in [0.29, 0.717) is 24.3 Å². The van der Waals surface area contributed by atoms with E-state index in [4.69, 9.17) is 9.47 Å². The molecule has 5 heteroatoms. The Kier molecular flexibility index (Phi) is 3.44.